The molecule has 0 aromatic carbocycles. The molecule has 1 heterocycles. The second-order valence-corrected chi connectivity index (χ2v) is 6.58. The van der Waals surface area contributed by atoms with Gasteiger partial charge in [0.15, 0.2) is 0 Å². The maximum atomic E-state index is 8.90. The first kappa shape index (κ1) is 11.3. The van der Waals surface area contributed by atoms with Gasteiger partial charge in [0, 0.05) is 30.4 Å². The first-order valence-electron chi connectivity index (χ1n) is 6.45. The van der Waals surface area contributed by atoms with Crippen LogP contribution in [0.15, 0.2) is 17.5 Å². The lowest BCUT2D eigenvalue weighted by molar-refractivity contribution is 0.205. The Morgan fingerprint density at radius 3 is 2.82 bits per heavy atom. The molecule has 0 N–H and O–H groups in total. The van der Waals surface area contributed by atoms with Crippen LogP contribution < -0.4 is 0 Å². The van der Waals surface area contributed by atoms with Crippen molar-refractivity contribution < 1.29 is 0 Å². The monoisotopic (exact) mass is 246 g/mol. The topological polar surface area (TPSA) is 27.0 Å². The van der Waals surface area contributed by atoms with Gasteiger partial charge in [-0.15, -0.1) is 11.3 Å². The van der Waals surface area contributed by atoms with E-state index < -0.39 is 0 Å². The van der Waals surface area contributed by atoms with Crippen LogP contribution in [0.25, 0.3) is 0 Å². The SMILES string of the molecule is N#CCC1(CN(Cc2cccs2)C2CC2)CC1. The summed E-state index contributed by atoms with van der Waals surface area (Å²) in [6.07, 6.45) is 5.98. The average molecular weight is 246 g/mol. The number of nitriles is 1. The van der Waals surface area contributed by atoms with Crippen molar-refractivity contribution in [3.8, 4) is 6.07 Å². The lowest BCUT2D eigenvalue weighted by Gasteiger charge is -2.25. The smallest absolute Gasteiger partial charge is 0.0628 e. The fourth-order valence-corrected chi connectivity index (χ4v) is 3.25. The lowest BCUT2D eigenvalue weighted by atomic mass is 10.0. The van der Waals surface area contributed by atoms with E-state index in [0.717, 1.165) is 25.6 Å². The molecule has 0 radical (unpaired) electrons. The number of thiophene rings is 1. The fourth-order valence-electron chi connectivity index (χ4n) is 2.52. The molecular formula is C14H18N2S. The van der Waals surface area contributed by atoms with E-state index >= 15 is 0 Å². The maximum Gasteiger partial charge on any atom is 0.0628 e. The number of rotatable bonds is 6. The lowest BCUT2D eigenvalue weighted by Crippen LogP contribution is -2.31. The Bertz CT molecular complexity index is 410. The van der Waals surface area contributed by atoms with Gasteiger partial charge in [-0.2, -0.15) is 5.26 Å². The summed E-state index contributed by atoms with van der Waals surface area (Å²) in [7, 11) is 0. The summed E-state index contributed by atoms with van der Waals surface area (Å²) >= 11 is 1.85. The number of hydrogen-bond donors (Lipinski definition) is 0. The second-order valence-electron chi connectivity index (χ2n) is 5.55. The molecule has 2 nitrogen and oxygen atoms in total. The first-order valence-corrected chi connectivity index (χ1v) is 7.33. The Balaban J connectivity index is 1.63. The Morgan fingerprint density at radius 1 is 1.47 bits per heavy atom. The highest BCUT2D eigenvalue weighted by atomic mass is 32.1. The molecule has 0 aliphatic heterocycles. The van der Waals surface area contributed by atoms with E-state index in [-0.39, 0.29) is 0 Å². The van der Waals surface area contributed by atoms with E-state index in [1.807, 2.05) is 11.3 Å². The summed E-state index contributed by atoms with van der Waals surface area (Å²) in [4.78, 5) is 4.08. The third-order valence-electron chi connectivity index (χ3n) is 3.95. The van der Waals surface area contributed by atoms with Crippen LogP contribution in [0.2, 0.25) is 0 Å². The molecule has 0 spiro atoms. The molecule has 1 aromatic rings. The average Bonchev–Trinajstić information content (AvgIpc) is 3.22. The van der Waals surface area contributed by atoms with Gasteiger partial charge < -0.3 is 0 Å². The van der Waals surface area contributed by atoms with Crippen LogP contribution in [-0.2, 0) is 6.54 Å². The van der Waals surface area contributed by atoms with Crippen molar-refractivity contribution in [3.63, 3.8) is 0 Å². The zero-order chi connectivity index (χ0) is 11.7. The molecular weight excluding hydrogens is 228 g/mol. The van der Waals surface area contributed by atoms with Crippen molar-refractivity contribution in [2.24, 2.45) is 5.41 Å². The molecule has 0 unspecified atom stereocenters. The van der Waals surface area contributed by atoms with Crippen LogP contribution in [0.3, 0.4) is 0 Å². The maximum absolute atomic E-state index is 8.90. The molecule has 0 saturated heterocycles. The predicted octanol–water partition coefficient (Wildman–Crippen LogP) is 3.41. The van der Waals surface area contributed by atoms with Crippen molar-refractivity contribution >= 4 is 11.3 Å². The molecule has 0 atom stereocenters. The summed E-state index contributed by atoms with van der Waals surface area (Å²) < 4.78 is 0. The quantitative estimate of drug-likeness (QED) is 0.769. The van der Waals surface area contributed by atoms with Crippen LogP contribution >= 0.6 is 11.3 Å². The third kappa shape index (κ3) is 2.70. The van der Waals surface area contributed by atoms with E-state index in [9.17, 15) is 0 Å². The second kappa shape index (κ2) is 4.44. The Labute approximate surface area is 107 Å². The highest BCUT2D eigenvalue weighted by Gasteiger charge is 2.45. The minimum Gasteiger partial charge on any atom is -0.295 e. The van der Waals surface area contributed by atoms with Crippen LogP contribution in [-0.4, -0.2) is 17.5 Å². The zero-order valence-electron chi connectivity index (χ0n) is 10.1. The summed E-state index contributed by atoms with van der Waals surface area (Å²) in [5.41, 5.74) is 0.356. The number of nitrogens with zero attached hydrogens (tertiary/aromatic N) is 2. The molecule has 17 heavy (non-hydrogen) atoms. The molecule has 2 aliphatic rings. The third-order valence-corrected chi connectivity index (χ3v) is 4.81. The first-order chi connectivity index (χ1) is 8.31. The Hall–Kier alpha value is -0.850. The zero-order valence-corrected chi connectivity index (χ0v) is 10.9. The van der Waals surface area contributed by atoms with E-state index in [0.29, 0.717) is 5.41 Å². The van der Waals surface area contributed by atoms with Gasteiger partial charge in [-0.05, 0) is 42.5 Å². The molecule has 3 heteroatoms. The molecule has 2 saturated carbocycles. The summed E-state index contributed by atoms with van der Waals surface area (Å²) in [5, 5.41) is 11.1. The van der Waals surface area contributed by atoms with Gasteiger partial charge in [-0.3, -0.25) is 4.90 Å². The minimum absolute atomic E-state index is 0.356. The summed E-state index contributed by atoms with van der Waals surface area (Å²) in [6, 6.07) is 7.53. The molecule has 3 rings (SSSR count). The van der Waals surface area contributed by atoms with Gasteiger partial charge in [0.1, 0.15) is 0 Å². The van der Waals surface area contributed by atoms with Gasteiger partial charge in [0.05, 0.1) is 6.07 Å². The van der Waals surface area contributed by atoms with Crippen LogP contribution in [0.5, 0.6) is 0 Å². The Morgan fingerprint density at radius 2 is 2.29 bits per heavy atom. The van der Waals surface area contributed by atoms with Gasteiger partial charge in [-0.25, -0.2) is 0 Å². The van der Waals surface area contributed by atoms with Gasteiger partial charge in [-0.1, -0.05) is 6.07 Å². The normalized spacial score (nSPS) is 21.4. The van der Waals surface area contributed by atoms with E-state index in [1.54, 1.807) is 0 Å². The molecule has 0 bridgehead atoms. The van der Waals surface area contributed by atoms with Crippen molar-refractivity contribution in [3.05, 3.63) is 22.4 Å². The molecule has 0 amide bonds. The Kier molecular flexibility index (Phi) is 2.94. The van der Waals surface area contributed by atoms with Crippen LogP contribution in [0.1, 0.15) is 37.0 Å². The fraction of sp³-hybridized carbons (Fsp3) is 0.643. The highest BCUT2D eigenvalue weighted by Crippen LogP contribution is 2.50. The van der Waals surface area contributed by atoms with Crippen molar-refractivity contribution in [2.45, 2.75) is 44.7 Å². The summed E-state index contributed by atoms with van der Waals surface area (Å²) in [5.74, 6) is 0. The van der Waals surface area contributed by atoms with Gasteiger partial charge >= 0.3 is 0 Å². The highest BCUT2D eigenvalue weighted by molar-refractivity contribution is 7.09. The minimum atomic E-state index is 0.356. The van der Waals surface area contributed by atoms with Gasteiger partial charge in [0.25, 0.3) is 0 Å². The van der Waals surface area contributed by atoms with Crippen LogP contribution in [0, 0.1) is 16.7 Å². The van der Waals surface area contributed by atoms with Gasteiger partial charge in [0.2, 0.25) is 0 Å². The van der Waals surface area contributed by atoms with Crippen molar-refractivity contribution in [1.82, 2.24) is 4.90 Å². The largest absolute Gasteiger partial charge is 0.295 e. The van der Waals surface area contributed by atoms with E-state index in [1.165, 1.54) is 30.6 Å². The van der Waals surface area contributed by atoms with Crippen molar-refractivity contribution in [2.75, 3.05) is 6.54 Å². The van der Waals surface area contributed by atoms with Crippen LogP contribution in [0.4, 0.5) is 0 Å². The summed E-state index contributed by atoms with van der Waals surface area (Å²) in [6.45, 7) is 2.23. The standard InChI is InChI=1S/C14H18N2S/c15-8-7-14(5-6-14)11-16(12-3-4-12)10-13-2-1-9-17-13/h1-2,9,12H,3-7,10-11H2. The molecule has 90 valence electrons. The number of hydrogen-bond acceptors (Lipinski definition) is 3. The van der Waals surface area contributed by atoms with E-state index in [4.69, 9.17) is 5.26 Å². The molecule has 2 aliphatic carbocycles. The molecule has 2 fully saturated rings. The van der Waals surface area contributed by atoms with Crippen molar-refractivity contribution in [1.29, 1.82) is 5.26 Å². The molecule has 1 aromatic heterocycles. The van der Waals surface area contributed by atoms with E-state index in [2.05, 4.69) is 28.5 Å². The predicted molar refractivity (Wildman–Crippen MR) is 69.6 cm³/mol.